The van der Waals surface area contributed by atoms with E-state index in [4.69, 9.17) is 10.2 Å². The van der Waals surface area contributed by atoms with E-state index in [-0.39, 0.29) is 13.0 Å². The van der Waals surface area contributed by atoms with Gasteiger partial charge < -0.3 is 10.2 Å². The molecule has 2 N–H and O–H groups in total. The zero-order valence-corrected chi connectivity index (χ0v) is 2.89. The molecule has 0 spiro atoms. The summed E-state index contributed by atoms with van der Waals surface area (Å²) in [6.45, 7) is -0.0625. The molecule has 0 aliphatic heterocycles. The maximum Gasteiger partial charge on any atom is 0.178 e. The van der Waals surface area contributed by atoms with Crippen LogP contribution in [-0.2, 0) is 0 Å². The van der Waals surface area contributed by atoms with Crippen LogP contribution in [0.3, 0.4) is 0 Å². The molecule has 0 saturated heterocycles. The number of aliphatic hydroxyl groups excluding tert-OH is 2. The average molecular weight is 72.9 g/mol. The van der Waals surface area contributed by atoms with Crippen LogP contribution in [0.25, 0.3) is 0 Å². The van der Waals surface area contributed by atoms with Crippen molar-refractivity contribution in [2.24, 2.45) is 0 Å². The molecule has 29 valence electrons. The van der Waals surface area contributed by atoms with Crippen LogP contribution >= 0.6 is 0 Å². The molecule has 0 rings (SSSR count). The summed E-state index contributed by atoms with van der Waals surface area (Å²) in [5.74, 6) is 0. The number of rotatable bonds is 2. The lowest BCUT2D eigenvalue weighted by atomic mass is 9.82. The van der Waals surface area contributed by atoms with Crippen molar-refractivity contribution in [1.29, 1.82) is 0 Å². The average Bonchev–Trinajstić information content (AvgIpc) is 1.41. The summed E-state index contributed by atoms with van der Waals surface area (Å²) >= 11 is 0. The highest BCUT2D eigenvalue weighted by Crippen LogP contribution is 1.46. The summed E-state index contributed by atoms with van der Waals surface area (Å²) in [7, 11) is 1.36. The highest BCUT2D eigenvalue weighted by Gasteiger charge is 1.75. The van der Waals surface area contributed by atoms with Crippen molar-refractivity contribution >= 4 is 7.28 Å². The third kappa shape index (κ3) is 3.98. The molecule has 1 radical (unpaired) electrons. The SMILES string of the molecule is OC[B]CO. The van der Waals surface area contributed by atoms with Crippen molar-refractivity contribution in [3.05, 3.63) is 0 Å². The highest BCUT2D eigenvalue weighted by atomic mass is 16.3. The zero-order chi connectivity index (χ0) is 4.12. The second kappa shape index (κ2) is 3.98. The minimum absolute atomic E-state index is 0.0312. The van der Waals surface area contributed by atoms with Crippen LogP contribution < -0.4 is 0 Å². The fourth-order valence-electron chi connectivity index (χ4n) is 0.0577. The second-order valence-electron chi connectivity index (χ2n) is 0.654. The summed E-state index contributed by atoms with van der Waals surface area (Å²) in [5.41, 5.74) is 0. The van der Waals surface area contributed by atoms with E-state index < -0.39 is 0 Å². The van der Waals surface area contributed by atoms with Gasteiger partial charge in [0.1, 0.15) is 0 Å². The second-order valence-corrected chi connectivity index (χ2v) is 0.654. The van der Waals surface area contributed by atoms with Gasteiger partial charge in [0, 0.05) is 13.0 Å². The molecule has 0 amide bonds. The van der Waals surface area contributed by atoms with Crippen molar-refractivity contribution in [2.75, 3.05) is 13.0 Å². The molecular weight excluding hydrogens is 66.8 g/mol. The van der Waals surface area contributed by atoms with Crippen LogP contribution in [0, 0.1) is 0 Å². The van der Waals surface area contributed by atoms with E-state index in [1.54, 1.807) is 0 Å². The number of aliphatic hydroxyl groups is 2. The van der Waals surface area contributed by atoms with Crippen LogP contribution in [0.5, 0.6) is 0 Å². The third-order valence-electron chi connectivity index (χ3n) is 0.258. The minimum Gasteiger partial charge on any atom is -0.405 e. The molecule has 2 nitrogen and oxygen atoms in total. The molecule has 0 atom stereocenters. The Hall–Kier alpha value is -0.0151. The van der Waals surface area contributed by atoms with Crippen LogP contribution in [0.15, 0.2) is 0 Å². The Labute approximate surface area is 31.7 Å². The fourth-order valence-corrected chi connectivity index (χ4v) is 0.0577. The third-order valence-corrected chi connectivity index (χ3v) is 0.258. The quantitative estimate of drug-likeness (QED) is 0.394. The first-order valence-corrected chi connectivity index (χ1v) is 1.45. The Morgan fingerprint density at radius 1 is 1.20 bits per heavy atom. The molecule has 0 saturated carbocycles. The standard InChI is InChI=1S/C2H6BO2/c4-1-3-2-5/h4-5H,1-2H2. The van der Waals surface area contributed by atoms with E-state index in [1.165, 1.54) is 7.28 Å². The van der Waals surface area contributed by atoms with Gasteiger partial charge in [0.2, 0.25) is 0 Å². The summed E-state index contributed by atoms with van der Waals surface area (Å²) in [6, 6.07) is 0. The van der Waals surface area contributed by atoms with Gasteiger partial charge in [-0.3, -0.25) is 0 Å². The Morgan fingerprint density at radius 2 is 1.60 bits per heavy atom. The molecule has 5 heavy (non-hydrogen) atoms. The summed E-state index contributed by atoms with van der Waals surface area (Å²) in [4.78, 5) is 0. The van der Waals surface area contributed by atoms with Gasteiger partial charge >= 0.3 is 0 Å². The molecule has 3 heteroatoms. The molecule has 0 unspecified atom stereocenters. The first-order chi connectivity index (χ1) is 2.41. The van der Waals surface area contributed by atoms with E-state index in [2.05, 4.69) is 0 Å². The molecule has 0 heterocycles. The van der Waals surface area contributed by atoms with Gasteiger partial charge in [0.15, 0.2) is 7.28 Å². The molecular formula is C2H6BO2. The topological polar surface area (TPSA) is 40.5 Å². The molecule has 0 aromatic carbocycles. The summed E-state index contributed by atoms with van der Waals surface area (Å²) in [5, 5.41) is 15.7. The number of hydrogen-bond acceptors (Lipinski definition) is 2. The van der Waals surface area contributed by atoms with Gasteiger partial charge in [-0.15, -0.1) is 0 Å². The highest BCUT2D eigenvalue weighted by molar-refractivity contribution is 6.34. The molecule has 0 aliphatic carbocycles. The number of hydrogen-bond donors (Lipinski definition) is 2. The van der Waals surface area contributed by atoms with Gasteiger partial charge in [0.25, 0.3) is 0 Å². The van der Waals surface area contributed by atoms with Crippen LogP contribution in [0.4, 0.5) is 0 Å². The first-order valence-electron chi connectivity index (χ1n) is 1.45. The van der Waals surface area contributed by atoms with E-state index in [0.29, 0.717) is 0 Å². The normalized spacial score (nSPS) is 7.60. The first kappa shape index (κ1) is 4.98. The molecule has 0 aromatic rings. The van der Waals surface area contributed by atoms with Crippen molar-refractivity contribution < 1.29 is 10.2 Å². The zero-order valence-electron chi connectivity index (χ0n) is 2.89. The van der Waals surface area contributed by atoms with Crippen molar-refractivity contribution in [1.82, 2.24) is 0 Å². The van der Waals surface area contributed by atoms with E-state index in [0.717, 1.165) is 0 Å². The molecule has 0 aromatic heterocycles. The Kier molecular flexibility index (Phi) is 3.97. The van der Waals surface area contributed by atoms with Gasteiger partial charge in [-0.25, -0.2) is 0 Å². The Balaban J connectivity index is 2.19. The van der Waals surface area contributed by atoms with Crippen molar-refractivity contribution in [3.63, 3.8) is 0 Å². The summed E-state index contributed by atoms with van der Waals surface area (Å²) in [6.07, 6.45) is 0. The molecule has 0 fully saturated rings. The Bertz CT molecular complexity index is 15.1. The lowest BCUT2D eigenvalue weighted by molar-refractivity contribution is 0.336. The van der Waals surface area contributed by atoms with E-state index in [1.807, 2.05) is 0 Å². The smallest absolute Gasteiger partial charge is 0.178 e. The van der Waals surface area contributed by atoms with Crippen molar-refractivity contribution in [3.8, 4) is 0 Å². The van der Waals surface area contributed by atoms with Gasteiger partial charge in [0.05, 0.1) is 0 Å². The van der Waals surface area contributed by atoms with E-state index >= 15 is 0 Å². The fraction of sp³-hybridized carbons (Fsp3) is 1.00. The maximum absolute atomic E-state index is 7.85. The largest absolute Gasteiger partial charge is 0.405 e. The predicted molar refractivity (Wildman–Crippen MR) is 19.9 cm³/mol. The Morgan fingerprint density at radius 3 is 1.60 bits per heavy atom. The summed E-state index contributed by atoms with van der Waals surface area (Å²) < 4.78 is 0. The predicted octanol–water partition coefficient (Wildman–Crippen LogP) is -1.41. The molecule has 0 bridgehead atoms. The maximum atomic E-state index is 7.85. The minimum atomic E-state index is -0.0312. The lowest BCUT2D eigenvalue weighted by Gasteiger charge is -1.76. The van der Waals surface area contributed by atoms with Gasteiger partial charge in [-0.2, -0.15) is 0 Å². The van der Waals surface area contributed by atoms with Gasteiger partial charge in [-0.1, -0.05) is 0 Å². The van der Waals surface area contributed by atoms with Crippen LogP contribution in [0.2, 0.25) is 0 Å². The monoisotopic (exact) mass is 73.0 g/mol. The van der Waals surface area contributed by atoms with Crippen LogP contribution in [-0.4, -0.2) is 30.5 Å². The molecule has 0 aliphatic rings. The lowest BCUT2D eigenvalue weighted by Crippen LogP contribution is -2.01. The van der Waals surface area contributed by atoms with Gasteiger partial charge in [-0.05, 0) is 0 Å². The van der Waals surface area contributed by atoms with E-state index in [9.17, 15) is 0 Å². The van der Waals surface area contributed by atoms with Crippen LogP contribution in [0.1, 0.15) is 0 Å². The van der Waals surface area contributed by atoms with Crippen molar-refractivity contribution in [2.45, 2.75) is 0 Å².